The summed E-state index contributed by atoms with van der Waals surface area (Å²) in [5.74, 6) is 1.68. The first-order valence-electron chi connectivity index (χ1n) is 5.28. The smallest absolute Gasteiger partial charge is 0.00525 e. The van der Waals surface area contributed by atoms with Crippen molar-refractivity contribution in [2.45, 2.75) is 39.0 Å². The number of rotatable bonds is 1. The van der Waals surface area contributed by atoms with Gasteiger partial charge >= 0.3 is 0 Å². The van der Waals surface area contributed by atoms with Gasteiger partial charge in [-0.2, -0.15) is 0 Å². The lowest BCUT2D eigenvalue weighted by Crippen LogP contribution is -2.06. The Morgan fingerprint density at radius 3 is 2.31 bits per heavy atom. The molecule has 0 atom stereocenters. The second-order valence-corrected chi connectivity index (χ2v) is 3.98. The summed E-state index contributed by atoms with van der Waals surface area (Å²) in [6.07, 6.45) is 6.86. The highest BCUT2D eigenvalue weighted by molar-refractivity contribution is 5.37. The van der Waals surface area contributed by atoms with Gasteiger partial charge in [0.05, 0.1) is 0 Å². The van der Waals surface area contributed by atoms with E-state index in [2.05, 4.69) is 31.2 Å². The molecule has 0 heteroatoms. The Morgan fingerprint density at radius 1 is 0.923 bits per heavy atom. The lowest BCUT2D eigenvalue weighted by Gasteiger charge is -2.22. The van der Waals surface area contributed by atoms with Gasteiger partial charge in [-0.15, -0.1) is 0 Å². The number of hydrogen-bond donors (Lipinski definition) is 0. The molecule has 1 aliphatic carbocycles. The molecule has 0 N–H and O–H groups in total. The number of benzene rings is 1. The first-order chi connectivity index (χ1) is 6.38. The van der Waals surface area contributed by atoms with Crippen LogP contribution >= 0.6 is 0 Å². The van der Waals surface area contributed by atoms with E-state index in [1.165, 1.54) is 43.2 Å². The van der Waals surface area contributed by atoms with Crippen molar-refractivity contribution in [3.05, 3.63) is 41.3 Å². The Labute approximate surface area is 81.0 Å². The highest BCUT2D eigenvalue weighted by Crippen LogP contribution is 2.32. The summed E-state index contributed by atoms with van der Waals surface area (Å²) in [5, 5.41) is 0. The van der Waals surface area contributed by atoms with Gasteiger partial charge in [0.15, 0.2) is 0 Å². The molecular weight excluding hydrogens is 156 g/mol. The van der Waals surface area contributed by atoms with Gasteiger partial charge in [0, 0.05) is 5.92 Å². The fourth-order valence-corrected chi connectivity index (χ4v) is 2.22. The van der Waals surface area contributed by atoms with Gasteiger partial charge in [-0.25, -0.2) is 0 Å². The first kappa shape index (κ1) is 8.80. The maximum absolute atomic E-state index is 2.27. The van der Waals surface area contributed by atoms with E-state index in [9.17, 15) is 0 Å². The standard InChI is InChI=1S/C13H17/c1-11-7-5-6-10-13(11)12-8-3-2-4-9-12/h5-7,10H,2-4,8-9H2,1H3. The minimum atomic E-state index is 1.32. The lowest BCUT2D eigenvalue weighted by atomic mass is 9.82. The molecule has 13 heavy (non-hydrogen) atoms. The zero-order valence-corrected chi connectivity index (χ0v) is 8.34. The maximum Gasteiger partial charge on any atom is 0.00525 e. The summed E-state index contributed by atoms with van der Waals surface area (Å²) in [6.45, 7) is 2.22. The maximum atomic E-state index is 2.27. The Kier molecular flexibility index (Phi) is 2.68. The molecular formula is C13H17. The predicted molar refractivity (Wildman–Crippen MR) is 56.6 cm³/mol. The molecule has 0 amide bonds. The molecule has 0 spiro atoms. The van der Waals surface area contributed by atoms with Gasteiger partial charge in [-0.3, -0.25) is 0 Å². The Balaban J connectivity index is 2.18. The fraction of sp³-hybridized carbons (Fsp3) is 0.462. The Bertz CT molecular complexity index is 269. The summed E-state index contributed by atoms with van der Waals surface area (Å²) in [5.41, 5.74) is 2.96. The molecule has 0 heterocycles. The minimum absolute atomic E-state index is 1.32. The van der Waals surface area contributed by atoms with E-state index in [1.54, 1.807) is 5.92 Å². The van der Waals surface area contributed by atoms with Gasteiger partial charge in [0.25, 0.3) is 0 Å². The van der Waals surface area contributed by atoms with Gasteiger partial charge in [-0.05, 0) is 30.9 Å². The Morgan fingerprint density at radius 2 is 1.62 bits per heavy atom. The van der Waals surface area contributed by atoms with E-state index in [1.807, 2.05) is 0 Å². The van der Waals surface area contributed by atoms with Crippen molar-refractivity contribution >= 4 is 0 Å². The zero-order valence-electron chi connectivity index (χ0n) is 8.34. The topological polar surface area (TPSA) is 0 Å². The first-order valence-corrected chi connectivity index (χ1v) is 5.28. The third-order valence-corrected chi connectivity index (χ3v) is 2.98. The van der Waals surface area contributed by atoms with E-state index in [4.69, 9.17) is 0 Å². The molecule has 1 aromatic carbocycles. The molecule has 2 rings (SSSR count). The lowest BCUT2D eigenvalue weighted by molar-refractivity contribution is 0.550. The van der Waals surface area contributed by atoms with E-state index < -0.39 is 0 Å². The second kappa shape index (κ2) is 3.95. The SMILES string of the molecule is Cc1ccccc1[C]1CCCCC1. The van der Waals surface area contributed by atoms with Crippen LogP contribution in [0.3, 0.4) is 0 Å². The van der Waals surface area contributed by atoms with Crippen molar-refractivity contribution in [2.24, 2.45) is 0 Å². The number of aryl methyl sites for hydroxylation is 1. The predicted octanol–water partition coefficient (Wildman–Crippen LogP) is 3.88. The van der Waals surface area contributed by atoms with E-state index in [0.29, 0.717) is 0 Å². The van der Waals surface area contributed by atoms with E-state index in [0.717, 1.165) is 0 Å². The minimum Gasteiger partial charge on any atom is -0.0620 e. The van der Waals surface area contributed by atoms with Crippen LogP contribution in [-0.4, -0.2) is 0 Å². The summed E-state index contributed by atoms with van der Waals surface area (Å²) in [4.78, 5) is 0. The normalized spacial score (nSPS) is 18.8. The van der Waals surface area contributed by atoms with Crippen LogP contribution in [0.5, 0.6) is 0 Å². The molecule has 69 valence electrons. The third kappa shape index (κ3) is 1.93. The largest absolute Gasteiger partial charge is 0.0620 e. The highest BCUT2D eigenvalue weighted by Gasteiger charge is 2.16. The van der Waals surface area contributed by atoms with Crippen LogP contribution in [-0.2, 0) is 0 Å². The van der Waals surface area contributed by atoms with Crippen molar-refractivity contribution in [3.8, 4) is 0 Å². The summed E-state index contributed by atoms with van der Waals surface area (Å²) in [6, 6.07) is 8.78. The molecule has 0 saturated heterocycles. The molecule has 1 saturated carbocycles. The summed E-state index contributed by atoms with van der Waals surface area (Å²) in [7, 11) is 0. The third-order valence-electron chi connectivity index (χ3n) is 2.98. The summed E-state index contributed by atoms with van der Waals surface area (Å²) >= 11 is 0. The molecule has 1 aromatic rings. The van der Waals surface area contributed by atoms with E-state index in [-0.39, 0.29) is 0 Å². The highest BCUT2D eigenvalue weighted by atomic mass is 14.2. The van der Waals surface area contributed by atoms with Crippen LogP contribution < -0.4 is 0 Å². The van der Waals surface area contributed by atoms with Crippen LogP contribution in [0.1, 0.15) is 43.2 Å². The van der Waals surface area contributed by atoms with Crippen molar-refractivity contribution in [1.29, 1.82) is 0 Å². The van der Waals surface area contributed by atoms with Gasteiger partial charge in [0.2, 0.25) is 0 Å². The van der Waals surface area contributed by atoms with Crippen LogP contribution in [0.15, 0.2) is 24.3 Å². The van der Waals surface area contributed by atoms with Gasteiger partial charge < -0.3 is 0 Å². The Hall–Kier alpha value is -0.780. The number of hydrogen-bond acceptors (Lipinski definition) is 0. The second-order valence-electron chi connectivity index (χ2n) is 3.98. The van der Waals surface area contributed by atoms with E-state index >= 15 is 0 Å². The molecule has 1 aliphatic rings. The van der Waals surface area contributed by atoms with Crippen LogP contribution in [0.4, 0.5) is 0 Å². The average Bonchev–Trinajstić information content (AvgIpc) is 2.20. The van der Waals surface area contributed by atoms with Crippen LogP contribution in [0, 0.1) is 12.8 Å². The monoisotopic (exact) mass is 173 g/mol. The van der Waals surface area contributed by atoms with Gasteiger partial charge in [-0.1, -0.05) is 43.5 Å². The molecule has 0 bridgehead atoms. The van der Waals surface area contributed by atoms with Crippen molar-refractivity contribution in [2.75, 3.05) is 0 Å². The molecule has 0 aromatic heterocycles. The van der Waals surface area contributed by atoms with Gasteiger partial charge in [0.1, 0.15) is 0 Å². The van der Waals surface area contributed by atoms with Crippen molar-refractivity contribution < 1.29 is 0 Å². The molecule has 0 nitrogen and oxygen atoms in total. The van der Waals surface area contributed by atoms with Crippen molar-refractivity contribution in [3.63, 3.8) is 0 Å². The summed E-state index contributed by atoms with van der Waals surface area (Å²) < 4.78 is 0. The fourth-order valence-electron chi connectivity index (χ4n) is 2.22. The quantitative estimate of drug-likeness (QED) is 0.604. The van der Waals surface area contributed by atoms with Crippen LogP contribution in [0.2, 0.25) is 0 Å². The molecule has 0 aliphatic heterocycles. The molecule has 1 fully saturated rings. The molecule has 0 unspecified atom stereocenters. The molecule has 1 radical (unpaired) electrons. The van der Waals surface area contributed by atoms with Crippen LogP contribution in [0.25, 0.3) is 0 Å². The zero-order chi connectivity index (χ0) is 9.10. The average molecular weight is 173 g/mol. The van der Waals surface area contributed by atoms with Crippen molar-refractivity contribution in [1.82, 2.24) is 0 Å².